The molecule has 0 bridgehead atoms. The number of nitrogens with one attached hydrogen (secondary N) is 2. The molecule has 1 fully saturated rings. The standard InChI is InChI=1S/C21H22N2O5/c1-3-28-21(26)13-7-9-14(10-8-13)22-19(24)17-12-18(17)20(25)23-15-5-4-6-16(11-15)27-2/h4-11,17-18H,3,12H2,1-2H3,(H,22,24)(H,23,25). The van der Waals surface area contributed by atoms with Gasteiger partial charge in [-0.25, -0.2) is 4.79 Å². The zero-order valence-corrected chi connectivity index (χ0v) is 15.7. The molecule has 0 spiro atoms. The van der Waals surface area contributed by atoms with Crippen molar-refractivity contribution in [2.24, 2.45) is 11.8 Å². The lowest BCUT2D eigenvalue weighted by Crippen LogP contribution is -2.20. The Morgan fingerprint density at radius 2 is 1.61 bits per heavy atom. The monoisotopic (exact) mass is 382 g/mol. The van der Waals surface area contributed by atoms with E-state index in [1.165, 1.54) is 0 Å². The van der Waals surface area contributed by atoms with E-state index in [2.05, 4.69) is 10.6 Å². The molecule has 1 aliphatic rings. The molecular weight excluding hydrogens is 360 g/mol. The summed E-state index contributed by atoms with van der Waals surface area (Å²) >= 11 is 0. The van der Waals surface area contributed by atoms with Crippen molar-refractivity contribution in [1.29, 1.82) is 0 Å². The van der Waals surface area contributed by atoms with E-state index in [0.717, 1.165) is 0 Å². The van der Waals surface area contributed by atoms with Gasteiger partial charge in [0.05, 0.1) is 31.1 Å². The smallest absolute Gasteiger partial charge is 0.338 e. The van der Waals surface area contributed by atoms with Crippen molar-refractivity contribution in [3.63, 3.8) is 0 Å². The Hall–Kier alpha value is -3.35. The number of esters is 1. The van der Waals surface area contributed by atoms with Crippen molar-refractivity contribution in [2.75, 3.05) is 24.4 Å². The molecule has 2 amide bonds. The molecule has 1 aliphatic carbocycles. The average Bonchev–Trinajstić information content (AvgIpc) is 3.50. The van der Waals surface area contributed by atoms with Crippen molar-refractivity contribution in [1.82, 2.24) is 0 Å². The summed E-state index contributed by atoms with van der Waals surface area (Å²) in [5.41, 5.74) is 1.61. The van der Waals surface area contributed by atoms with E-state index in [4.69, 9.17) is 9.47 Å². The lowest BCUT2D eigenvalue weighted by Gasteiger charge is -2.08. The van der Waals surface area contributed by atoms with Crippen LogP contribution in [-0.2, 0) is 14.3 Å². The second-order valence-corrected chi connectivity index (χ2v) is 6.46. The molecule has 7 nitrogen and oxygen atoms in total. The van der Waals surface area contributed by atoms with Gasteiger partial charge in [-0.05, 0) is 49.7 Å². The van der Waals surface area contributed by atoms with Crippen molar-refractivity contribution < 1.29 is 23.9 Å². The van der Waals surface area contributed by atoms with E-state index in [1.807, 2.05) is 0 Å². The van der Waals surface area contributed by atoms with Crippen LogP contribution in [-0.4, -0.2) is 31.5 Å². The Morgan fingerprint density at radius 3 is 2.21 bits per heavy atom. The number of carbonyl (C=O) groups is 3. The highest BCUT2D eigenvalue weighted by Crippen LogP contribution is 2.40. The molecule has 1 saturated carbocycles. The SMILES string of the molecule is CCOC(=O)c1ccc(NC(=O)C2CC2C(=O)Nc2cccc(OC)c2)cc1. The van der Waals surface area contributed by atoms with Gasteiger partial charge >= 0.3 is 5.97 Å². The van der Waals surface area contributed by atoms with Gasteiger partial charge < -0.3 is 20.1 Å². The van der Waals surface area contributed by atoms with Gasteiger partial charge in [-0.1, -0.05) is 6.07 Å². The third-order valence-electron chi connectivity index (χ3n) is 4.46. The van der Waals surface area contributed by atoms with Gasteiger partial charge in [-0.3, -0.25) is 9.59 Å². The Balaban J connectivity index is 1.52. The zero-order chi connectivity index (χ0) is 20.1. The second-order valence-electron chi connectivity index (χ2n) is 6.46. The largest absolute Gasteiger partial charge is 0.497 e. The van der Waals surface area contributed by atoms with E-state index in [-0.39, 0.29) is 23.7 Å². The maximum atomic E-state index is 12.4. The van der Waals surface area contributed by atoms with Crippen molar-refractivity contribution in [3.8, 4) is 5.75 Å². The molecule has 2 aromatic carbocycles. The van der Waals surface area contributed by atoms with Gasteiger partial charge in [0.25, 0.3) is 0 Å². The number of hydrogen-bond donors (Lipinski definition) is 2. The lowest BCUT2D eigenvalue weighted by molar-refractivity contribution is -0.122. The minimum absolute atomic E-state index is 0.189. The number of methoxy groups -OCH3 is 1. The van der Waals surface area contributed by atoms with E-state index >= 15 is 0 Å². The Kier molecular flexibility index (Phi) is 5.93. The molecule has 0 radical (unpaired) electrons. The summed E-state index contributed by atoms with van der Waals surface area (Å²) in [6.07, 6.45) is 0.503. The third-order valence-corrected chi connectivity index (χ3v) is 4.46. The summed E-state index contributed by atoms with van der Waals surface area (Å²) in [6.45, 7) is 2.04. The van der Waals surface area contributed by atoms with Crippen LogP contribution in [0.2, 0.25) is 0 Å². The van der Waals surface area contributed by atoms with Crippen LogP contribution in [0.3, 0.4) is 0 Å². The first-order valence-electron chi connectivity index (χ1n) is 9.04. The van der Waals surface area contributed by atoms with Gasteiger partial charge in [-0.15, -0.1) is 0 Å². The minimum Gasteiger partial charge on any atom is -0.497 e. The first kappa shape index (κ1) is 19.4. The number of rotatable bonds is 7. The molecule has 2 aromatic rings. The topological polar surface area (TPSA) is 93.7 Å². The fourth-order valence-electron chi connectivity index (χ4n) is 2.85. The van der Waals surface area contributed by atoms with E-state index < -0.39 is 5.97 Å². The van der Waals surface area contributed by atoms with Gasteiger partial charge in [-0.2, -0.15) is 0 Å². The van der Waals surface area contributed by atoms with Gasteiger partial charge in [0.1, 0.15) is 5.75 Å². The van der Waals surface area contributed by atoms with Crippen molar-refractivity contribution in [2.45, 2.75) is 13.3 Å². The molecule has 0 aromatic heterocycles. The van der Waals surface area contributed by atoms with Crippen LogP contribution in [0.4, 0.5) is 11.4 Å². The van der Waals surface area contributed by atoms with Crippen molar-refractivity contribution >= 4 is 29.2 Å². The number of amides is 2. The van der Waals surface area contributed by atoms with Crippen LogP contribution in [0.25, 0.3) is 0 Å². The van der Waals surface area contributed by atoms with Crippen LogP contribution in [0.15, 0.2) is 48.5 Å². The summed E-state index contributed by atoms with van der Waals surface area (Å²) in [5, 5.41) is 5.59. The predicted octanol–water partition coefficient (Wildman–Crippen LogP) is 3.09. The fourth-order valence-corrected chi connectivity index (χ4v) is 2.85. The highest BCUT2D eigenvalue weighted by molar-refractivity contribution is 6.03. The molecule has 146 valence electrons. The summed E-state index contributed by atoms with van der Waals surface area (Å²) in [7, 11) is 1.56. The lowest BCUT2D eigenvalue weighted by atomic mass is 10.2. The zero-order valence-electron chi connectivity index (χ0n) is 15.7. The van der Waals surface area contributed by atoms with Crippen LogP contribution in [0.1, 0.15) is 23.7 Å². The number of carbonyl (C=O) groups excluding carboxylic acids is 3. The predicted molar refractivity (Wildman–Crippen MR) is 104 cm³/mol. The Bertz CT molecular complexity index is 879. The van der Waals surface area contributed by atoms with Crippen LogP contribution in [0, 0.1) is 11.8 Å². The third kappa shape index (κ3) is 4.68. The highest BCUT2D eigenvalue weighted by atomic mass is 16.5. The van der Waals surface area contributed by atoms with Gasteiger partial charge in [0.2, 0.25) is 11.8 Å². The quantitative estimate of drug-likeness (QED) is 0.718. The van der Waals surface area contributed by atoms with Crippen LogP contribution >= 0.6 is 0 Å². The number of hydrogen-bond acceptors (Lipinski definition) is 5. The van der Waals surface area contributed by atoms with Crippen molar-refractivity contribution in [3.05, 3.63) is 54.1 Å². The maximum Gasteiger partial charge on any atom is 0.338 e. The summed E-state index contributed by atoms with van der Waals surface area (Å²) in [4.78, 5) is 36.3. The number of anilines is 2. The number of ether oxygens (including phenoxy) is 2. The Morgan fingerprint density at radius 1 is 0.964 bits per heavy atom. The molecule has 7 heteroatoms. The fraction of sp³-hybridized carbons (Fsp3) is 0.286. The molecule has 0 saturated heterocycles. The van der Waals surface area contributed by atoms with E-state index in [1.54, 1.807) is 62.6 Å². The molecule has 3 rings (SSSR count). The highest BCUT2D eigenvalue weighted by Gasteiger charge is 2.48. The first-order chi connectivity index (χ1) is 13.5. The number of benzene rings is 2. The van der Waals surface area contributed by atoms with Crippen LogP contribution in [0.5, 0.6) is 5.75 Å². The molecule has 0 heterocycles. The van der Waals surface area contributed by atoms with Gasteiger partial charge in [0, 0.05) is 17.4 Å². The van der Waals surface area contributed by atoms with E-state index in [9.17, 15) is 14.4 Å². The molecular formula is C21H22N2O5. The van der Waals surface area contributed by atoms with Gasteiger partial charge in [0.15, 0.2) is 0 Å². The maximum absolute atomic E-state index is 12.4. The molecule has 2 N–H and O–H groups in total. The normalized spacial score (nSPS) is 17.4. The summed E-state index contributed by atoms with van der Waals surface area (Å²) in [6, 6.07) is 13.5. The summed E-state index contributed by atoms with van der Waals surface area (Å²) < 4.78 is 10.1. The first-order valence-corrected chi connectivity index (χ1v) is 9.04. The van der Waals surface area contributed by atoms with E-state index in [0.29, 0.717) is 35.7 Å². The Labute approximate surface area is 163 Å². The summed E-state index contributed by atoms with van der Waals surface area (Å²) in [5.74, 6) is -0.882. The molecule has 2 unspecified atom stereocenters. The second kappa shape index (κ2) is 8.56. The molecule has 2 atom stereocenters. The minimum atomic E-state index is -0.406. The van der Waals surface area contributed by atoms with Crippen LogP contribution < -0.4 is 15.4 Å². The average molecular weight is 382 g/mol. The molecule has 0 aliphatic heterocycles. The molecule has 28 heavy (non-hydrogen) atoms.